The van der Waals surface area contributed by atoms with Crippen LogP contribution in [-0.4, -0.2) is 36.5 Å². The SMILES string of the molecule is O=C(C=Cc1ccc(Cl)c(Cl)c1)N[C@H]1CN2CCC1CC2. The molecule has 1 aromatic carbocycles. The highest BCUT2D eigenvalue weighted by molar-refractivity contribution is 6.42. The Labute approximate surface area is 134 Å². The molecule has 3 heterocycles. The van der Waals surface area contributed by atoms with Crippen molar-refractivity contribution in [2.24, 2.45) is 5.92 Å². The van der Waals surface area contributed by atoms with Crippen molar-refractivity contribution in [1.82, 2.24) is 10.2 Å². The average Bonchev–Trinajstić information content (AvgIpc) is 2.50. The molecule has 3 fully saturated rings. The molecule has 1 N–H and O–H groups in total. The minimum atomic E-state index is -0.0418. The molecule has 112 valence electrons. The highest BCUT2D eigenvalue weighted by Gasteiger charge is 2.34. The maximum absolute atomic E-state index is 12.0. The Hall–Kier alpha value is -1.03. The van der Waals surface area contributed by atoms with Crippen LogP contribution in [0.1, 0.15) is 18.4 Å². The number of piperidine rings is 3. The van der Waals surface area contributed by atoms with Crippen molar-refractivity contribution in [2.45, 2.75) is 18.9 Å². The van der Waals surface area contributed by atoms with Gasteiger partial charge in [-0.3, -0.25) is 4.79 Å². The molecular formula is C16H18Cl2N2O. The summed E-state index contributed by atoms with van der Waals surface area (Å²) in [5.41, 5.74) is 0.869. The second-order valence-electron chi connectivity index (χ2n) is 5.76. The lowest BCUT2D eigenvalue weighted by atomic mass is 9.84. The lowest BCUT2D eigenvalue weighted by Crippen LogP contribution is -2.57. The standard InChI is InChI=1S/C16H18Cl2N2O/c17-13-3-1-11(9-14(13)18)2-4-16(21)19-15-10-20-7-5-12(15)6-8-20/h1-4,9,12,15H,5-8,10H2,(H,19,21)/t15-/m0/s1. The van der Waals surface area contributed by atoms with Gasteiger partial charge in [0.15, 0.2) is 0 Å². The van der Waals surface area contributed by atoms with Gasteiger partial charge in [0.25, 0.3) is 0 Å². The summed E-state index contributed by atoms with van der Waals surface area (Å²) in [6.45, 7) is 3.34. The maximum Gasteiger partial charge on any atom is 0.244 e. The third kappa shape index (κ3) is 3.60. The monoisotopic (exact) mass is 324 g/mol. The fourth-order valence-corrected chi connectivity index (χ4v) is 3.45. The number of fused-ring (bicyclic) bond motifs is 3. The Balaban J connectivity index is 1.58. The van der Waals surface area contributed by atoms with Crippen molar-refractivity contribution in [2.75, 3.05) is 19.6 Å². The van der Waals surface area contributed by atoms with Crippen molar-refractivity contribution < 1.29 is 4.79 Å². The first-order valence-electron chi connectivity index (χ1n) is 7.28. The number of carbonyl (C=O) groups excluding carboxylic acids is 1. The van der Waals surface area contributed by atoms with Gasteiger partial charge >= 0.3 is 0 Å². The molecule has 0 unspecified atom stereocenters. The molecule has 5 heteroatoms. The molecule has 21 heavy (non-hydrogen) atoms. The second-order valence-corrected chi connectivity index (χ2v) is 6.57. The summed E-state index contributed by atoms with van der Waals surface area (Å²) in [6.07, 6.45) is 5.72. The summed E-state index contributed by atoms with van der Waals surface area (Å²) < 4.78 is 0. The molecule has 3 nitrogen and oxygen atoms in total. The van der Waals surface area contributed by atoms with Gasteiger partial charge in [-0.2, -0.15) is 0 Å². The van der Waals surface area contributed by atoms with Crippen LogP contribution in [0.2, 0.25) is 10.0 Å². The number of hydrogen-bond acceptors (Lipinski definition) is 2. The summed E-state index contributed by atoms with van der Waals surface area (Å²) in [6, 6.07) is 5.61. The molecule has 4 rings (SSSR count). The molecule has 3 aliphatic rings. The van der Waals surface area contributed by atoms with Crippen LogP contribution in [0.4, 0.5) is 0 Å². The van der Waals surface area contributed by atoms with E-state index in [1.54, 1.807) is 24.3 Å². The molecule has 0 radical (unpaired) electrons. The van der Waals surface area contributed by atoms with Gasteiger partial charge in [0.05, 0.1) is 10.0 Å². The van der Waals surface area contributed by atoms with E-state index >= 15 is 0 Å². The molecule has 0 aromatic heterocycles. The molecule has 0 aliphatic carbocycles. The van der Waals surface area contributed by atoms with Crippen molar-refractivity contribution in [3.8, 4) is 0 Å². The minimum absolute atomic E-state index is 0.0418. The van der Waals surface area contributed by atoms with E-state index in [4.69, 9.17) is 23.2 Å². The van der Waals surface area contributed by atoms with E-state index in [1.165, 1.54) is 25.9 Å². The van der Waals surface area contributed by atoms with Crippen LogP contribution in [-0.2, 0) is 4.79 Å². The molecule has 2 bridgehead atoms. The fourth-order valence-electron chi connectivity index (χ4n) is 3.15. The quantitative estimate of drug-likeness (QED) is 0.866. The van der Waals surface area contributed by atoms with Crippen LogP contribution < -0.4 is 5.32 Å². The number of hydrogen-bond donors (Lipinski definition) is 1. The molecule has 1 aromatic rings. The highest BCUT2D eigenvalue weighted by atomic mass is 35.5. The summed E-state index contributed by atoms with van der Waals surface area (Å²) in [5.74, 6) is 0.595. The first-order valence-corrected chi connectivity index (χ1v) is 8.03. The number of nitrogens with zero attached hydrogens (tertiary/aromatic N) is 1. The van der Waals surface area contributed by atoms with Gasteiger partial charge < -0.3 is 10.2 Å². The van der Waals surface area contributed by atoms with Crippen LogP contribution in [0.5, 0.6) is 0 Å². The zero-order valence-corrected chi connectivity index (χ0v) is 13.2. The van der Waals surface area contributed by atoms with E-state index in [1.807, 2.05) is 6.07 Å². The number of rotatable bonds is 3. The predicted molar refractivity (Wildman–Crippen MR) is 86.6 cm³/mol. The van der Waals surface area contributed by atoms with Crippen molar-refractivity contribution in [3.05, 3.63) is 39.9 Å². The van der Waals surface area contributed by atoms with E-state index in [0.29, 0.717) is 22.0 Å². The zero-order chi connectivity index (χ0) is 14.8. The topological polar surface area (TPSA) is 32.3 Å². The number of benzene rings is 1. The Morgan fingerprint density at radius 1 is 1.24 bits per heavy atom. The maximum atomic E-state index is 12.0. The molecule has 3 saturated heterocycles. The molecule has 1 atom stereocenters. The molecule has 3 aliphatic heterocycles. The Kier molecular flexibility index (Phi) is 4.53. The molecular weight excluding hydrogens is 307 g/mol. The van der Waals surface area contributed by atoms with Crippen LogP contribution in [0, 0.1) is 5.92 Å². The minimum Gasteiger partial charge on any atom is -0.348 e. The second kappa shape index (κ2) is 6.39. The largest absolute Gasteiger partial charge is 0.348 e. The van der Waals surface area contributed by atoms with Crippen molar-refractivity contribution in [1.29, 1.82) is 0 Å². The Bertz CT molecular complexity index is 565. The summed E-state index contributed by atoms with van der Waals surface area (Å²) in [4.78, 5) is 14.5. The van der Waals surface area contributed by atoms with Gasteiger partial charge in [0.1, 0.15) is 0 Å². The van der Waals surface area contributed by atoms with Gasteiger partial charge in [-0.15, -0.1) is 0 Å². The van der Waals surface area contributed by atoms with Gasteiger partial charge in [-0.05, 0) is 55.6 Å². The first-order chi connectivity index (χ1) is 10.1. The van der Waals surface area contributed by atoms with Crippen molar-refractivity contribution >= 4 is 35.2 Å². The predicted octanol–water partition coefficient (Wildman–Crippen LogP) is 3.22. The van der Waals surface area contributed by atoms with Crippen LogP contribution in [0.3, 0.4) is 0 Å². The van der Waals surface area contributed by atoms with Crippen molar-refractivity contribution in [3.63, 3.8) is 0 Å². The first kappa shape index (κ1) is 14.9. The highest BCUT2D eigenvalue weighted by Crippen LogP contribution is 2.27. The third-order valence-corrected chi connectivity index (χ3v) is 5.09. The van der Waals surface area contributed by atoms with Gasteiger partial charge in [0.2, 0.25) is 5.91 Å². The van der Waals surface area contributed by atoms with Crippen LogP contribution in [0.15, 0.2) is 24.3 Å². The number of carbonyl (C=O) groups is 1. The van der Waals surface area contributed by atoms with E-state index in [0.717, 1.165) is 12.1 Å². The van der Waals surface area contributed by atoms with E-state index in [9.17, 15) is 4.79 Å². The molecule has 1 amide bonds. The van der Waals surface area contributed by atoms with Gasteiger partial charge in [0, 0.05) is 18.7 Å². The van der Waals surface area contributed by atoms with E-state index < -0.39 is 0 Å². The summed E-state index contributed by atoms with van der Waals surface area (Å²) >= 11 is 11.8. The third-order valence-electron chi connectivity index (χ3n) is 4.35. The Morgan fingerprint density at radius 2 is 2.00 bits per heavy atom. The fraction of sp³-hybridized carbons (Fsp3) is 0.438. The van der Waals surface area contributed by atoms with E-state index in [-0.39, 0.29) is 5.91 Å². The number of halogens is 2. The average molecular weight is 325 g/mol. The zero-order valence-electron chi connectivity index (χ0n) is 11.7. The normalized spacial score (nSPS) is 28.0. The smallest absolute Gasteiger partial charge is 0.244 e. The van der Waals surface area contributed by atoms with Crippen LogP contribution in [0.25, 0.3) is 6.08 Å². The van der Waals surface area contributed by atoms with Gasteiger partial charge in [-0.1, -0.05) is 29.3 Å². The summed E-state index contributed by atoms with van der Waals surface area (Å²) in [5, 5.41) is 4.14. The summed E-state index contributed by atoms with van der Waals surface area (Å²) in [7, 11) is 0. The van der Waals surface area contributed by atoms with Gasteiger partial charge in [-0.25, -0.2) is 0 Å². The van der Waals surface area contributed by atoms with E-state index in [2.05, 4.69) is 10.2 Å². The Morgan fingerprint density at radius 3 is 2.62 bits per heavy atom. The lowest BCUT2D eigenvalue weighted by molar-refractivity contribution is -0.118. The number of amides is 1. The van der Waals surface area contributed by atoms with Crippen LogP contribution >= 0.6 is 23.2 Å². The number of nitrogens with one attached hydrogen (secondary N) is 1. The molecule has 0 saturated carbocycles. The molecule has 0 spiro atoms. The lowest BCUT2D eigenvalue weighted by Gasteiger charge is -2.44.